The Kier molecular flexibility index (Phi) is 11.1. The highest BCUT2D eigenvalue weighted by atomic mass is 16.6. The number of amides is 2. The van der Waals surface area contributed by atoms with Crippen LogP contribution in [0, 0.1) is 12.8 Å². The van der Waals surface area contributed by atoms with Gasteiger partial charge in [-0.05, 0) is 32.6 Å². The molecule has 3 aromatic carbocycles. The van der Waals surface area contributed by atoms with Crippen LogP contribution in [0.1, 0.15) is 61.3 Å². The van der Waals surface area contributed by atoms with E-state index in [-0.39, 0.29) is 18.4 Å². The first kappa shape index (κ1) is 31.5. The van der Waals surface area contributed by atoms with Gasteiger partial charge in [-0.2, -0.15) is 0 Å². The fourth-order valence-electron chi connectivity index (χ4n) is 5.66. The predicted molar refractivity (Wildman–Crippen MR) is 167 cm³/mol. The first-order valence-corrected chi connectivity index (χ1v) is 15.1. The van der Waals surface area contributed by atoms with E-state index in [0.717, 1.165) is 41.5 Å². The molecule has 0 spiro atoms. The van der Waals surface area contributed by atoms with Crippen molar-refractivity contribution < 1.29 is 23.9 Å². The maximum atomic E-state index is 14.1. The van der Waals surface area contributed by atoms with Crippen LogP contribution in [0.5, 0.6) is 0 Å². The minimum absolute atomic E-state index is 0.0434. The van der Waals surface area contributed by atoms with Crippen molar-refractivity contribution >= 4 is 18.0 Å². The fourth-order valence-corrected chi connectivity index (χ4v) is 5.66. The van der Waals surface area contributed by atoms with E-state index in [1.54, 1.807) is 4.90 Å². The number of hydrogen-bond acceptors (Lipinski definition) is 5. The Hall–Kier alpha value is -4.39. The number of unbranched alkanes of at least 4 members (excludes halogenated alkanes) is 1. The minimum Gasteiger partial charge on any atom is -0.445 e. The molecule has 2 amide bonds. The summed E-state index contributed by atoms with van der Waals surface area (Å²) in [5.74, 6) is -0.710. The maximum Gasteiger partial charge on any atom is 0.407 e. The summed E-state index contributed by atoms with van der Waals surface area (Å²) in [4.78, 5) is 41.0. The zero-order valence-electron chi connectivity index (χ0n) is 25.2. The van der Waals surface area contributed by atoms with Gasteiger partial charge in [-0.15, -0.1) is 0 Å². The van der Waals surface area contributed by atoms with Crippen LogP contribution in [0.25, 0.3) is 0 Å². The maximum absolute atomic E-state index is 14.1. The summed E-state index contributed by atoms with van der Waals surface area (Å²) in [6.45, 7) is 8.61. The van der Waals surface area contributed by atoms with Gasteiger partial charge in [-0.1, -0.05) is 116 Å². The predicted octanol–water partition coefficient (Wildman–Crippen LogP) is 6.54. The number of aryl methyl sites for hydroxylation is 1. The van der Waals surface area contributed by atoms with Gasteiger partial charge in [0, 0.05) is 35.7 Å². The average molecular weight is 583 g/mol. The van der Waals surface area contributed by atoms with Crippen molar-refractivity contribution in [2.75, 3.05) is 19.7 Å². The average Bonchev–Trinajstić information content (AvgIpc) is 3.53. The lowest BCUT2D eigenvalue weighted by molar-refractivity contribution is -0.162. The number of likely N-dealkylation sites (tertiary alicyclic amines) is 1. The number of nitrogens with zero attached hydrogens (tertiary/aromatic N) is 1. The van der Waals surface area contributed by atoms with Crippen molar-refractivity contribution in [3.8, 4) is 0 Å². The Bertz CT molecular complexity index is 1320. The third kappa shape index (κ3) is 7.72. The molecule has 0 unspecified atom stereocenters. The quantitative estimate of drug-likeness (QED) is 0.107. The summed E-state index contributed by atoms with van der Waals surface area (Å²) >= 11 is 0. The third-order valence-corrected chi connectivity index (χ3v) is 7.97. The molecule has 226 valence electrons. The molecule has 7 heteroatoms. The number of ether oxygens (including phenoxy) is 2. The second-order valence-corrected chi connectivity index (χ2v) is 11.1. The van der Waals surface area contributed by atoms with Gasteiger partial charge in [0.1, 0.15) is 12.6 Å². The number of esters is 1. The largest absolute Gasteiger partial charge is 0.445 e. The molecule has 1 aliphatic rings. The summed E-state index contributed by atoms with van der Waals surface area (Å²) in [6, 6.07) is 27.0. The Morgan fingerprint density at radius 2 is 1.56 bits per heavy atom. The third-order valence-electron chi connectivity index (χ3n) is 7.97. The fraction of sp³-hybridized carbons (Fsp3) is 0.361. The monoisotopic (exact) mass is 582 g/mol. The Morgan fingerprint density at radius 1 is 0.953 bits per heavy atom. The van der Waals surface area contributed by atoms with Gasteiger partial charge in [0.2, 0.25) is 5.91 Å². The zero-order valence-corrected chi connectivity index (χ0v) is 25.2. The van der Waals surface area contributed by atoms with Crippen LogP contribution in [-0.2, 0) is 24.7 Å². The Morgan fingerprint density at radius 3 is 2.16 bits per heavy atom. The molecule has 1 aliphatic heterocycles. The first-order valence-electron chi connectivity index (χ1n) is 15.1. The molecule has 7 nitrogen and oxygen atoms in total. The van der Waals surface area contributed by atoms with E-state index in [4.69, 9.17) is 9.47 Å². The highest BCUT2D eigenvalue weighted by Gasteiger charge is 2.45. The van der Waals surface area contributed by atoms with Gasteiger partial charge in [0.15, 0.2) is 5.60 Å². The van der Waals surface area contributed by atoms with Gasteiger partial charge in [-0.25, -0.2) is 9.59 Å². The van der Waals surface area contributed by atoms with Gasteiger partial charge < -0.3 is 19.7 Å². The molecule has 1 heterocycles. The molecule has 0 aromatic heterocycles. The van der Waals surface area contributed by atoms with Crippen molar-refractivity contribution in [1.29, 1.82) is 0 Å². The summed E-state index contributed by atoms with van der Waals surface area (Å²) in [5, 5.41) is 2.70. The molecular formula is C36H42N2O5. The van der Waals surface area contributed by atoms with E-state index in [0.29, 0.717) is 25.9 Å². The van der Waals surface area contributed by atoms with E-state index in [1.165, 1.54) is 6.08 Å². The van der Waals surface area contributed by atoms with E-state index >= 15 is 0 Å². The lowest BCUT2D eigenvalue weighted by Gasteiger charge is -2.37. The molecule has 3 aromatic rings. The van der Waals surface area contributed by atoms with Crippen molar-refractivity contribution in [3.63, 3.8) is 0 Å². The van der Waals surface area contributed by atoms with Crippen LogP contribution in [0.2, 0.25) is 0 Å². The molecule has 2 atom stereocenters. The lowest BCUT2D eigenvalue weighted by atomic mass is 9.79. The smallest absolute Gasteiger partial charge is 0.407 e. The number of nitrogens with one attached hydrogen (secondary N) is 1. The molecule has 1 N–H and O–H groups in total. The number of alkyl carbamates (subject to hydrolysis) is 1. The second-order valence-electron chi connectivity index (χ2n) is 11.1. The second kappa shape index (κ2) is 15.2. The van der Waals surface area contributed by atoms with Gasteiger partial charge >= 0.3 is 12.1 Å². The zero-order chi connectivity index (χ0) is 30.7. The molecule has 43 heavy (non-hydrogen) atoms. The standard InChI is InChI=1S/C36H42N2O5/c1-4-26-42-35(41)37-24-12-11-14-28(3)33(39)38-25-13-19-32(38)34(40)43-36(29-15-7-5-8-16-29,30-17-9-6-10-18-30)31-22-20-27(2)21-23-31/h4-10,15-18,20-23,28,32H,1,11-14,19,24-26H2,2-3H3,(H,37,41)/t28-,32-/m0/s1. The normalized spacial score (nSPS) is 15.4. The summed E-state index contributed by atoms with van der Waals surface area (Å²) in [5.41, 5.74) is 2.44. The molecular weight excluding hydrogens is 540 g/mol. The van der Waals surface area contributed by atoms with Gasteiger partial charge in [0.25, 0.3) is 0 Å². The number of carbonyl (C=O) groups is 3. The minimum atomic E-state index is -1.18. The molecule has 1 saturated heterocycles. The molecule has 1 fully saturated rings. The molecule has 4 rings (SSSR count). The van der Waals surface area contributed by atoms with Crippen molar-refractivity contribution in [2.24, 2.45) is 5.92 Å². The Labute approximate surface area is 254 Å². The SMILES string of the molecule is C=CCOC(=O)NCCCC[C@H](C)C(=O)N1CCC[C@H]1C(=O)OC(c1ccccc1)(c1ccccc1)c1ccc(C)cc1. The topological polar surface area (TPSA) is 84.9 Å². The van der Waals surface area contributed by atoms with Crippen molar-refractivity contribution in [1.82, 2.24) is 10.2 Å². The van der Waals surface area contributed by atoms with Gasteiger partial charge in [0.05, 0.1) is 0 Å². The summed E-state index contributed by atoms with van der Waals surface area (Å²) in [7, 11) is 0. The van der Waals surface area contributed by atoms with Gasteiger partial charge in [-0.3, -0.25) is 4.79 Å². The first-order chi connectivity index (χ1) is 20.9. The highest BCUT2D eigenvalue weighted by molar-refractivity contribution is 5.87. The Balaban J connectivity index is 1.51. The summed E-state index contributed by atoms with van der Waals surface area (Å²) < 4.78 is 11.6. The number of benzene rings is 3. The van der Waals surface area contributed by atoms with E-state index in [9.17, 15) is 14.4 Å². The van der Waals surface area contributed by atoms with Crippen LogP contribution in [0.4, 0.5) is 4.79 Å². The highest BCUT2D eigenvalue weighted by Crippen LogP contribution is 2.41. The van der Waals surface area contributed by atoms with E-state index in [2.05, 4.69) is 11.9 Å². The van der Waals surface area contributed by atoms with Crippen LogP contribution in [0.3, 0.4) is 0 Å². The molecule has 0 aliphatic carbocycles. The van der Waals surface area contributed by atoms with Crippen LogP contribution in [-0.4, -0.2) is 48.6 Å². The van der Waals surface area contributed by atoms with Crippen LogP contribution >= 0.6 is 0 Å². The van der Waals surface area contributed by atoms with Crippen molar-refractivity contribution in [2.45, 2.75) is 57.6 Å². The summed E-state index contributed by atoms with van der Waals surface area (Å²) in [6.07, 6.45) is 4.47. The van der Waals surface area contributed by atoms with Crippen LogP contribution < -0.4 is 5.32 Å². The lowest BCUT2D eigenvalue weighted by Crippen LogP contribution is -2.47. The van der Waals surface area contributed by atoms with E-state index < -0.39 is 23.7 Å². The van der Waals surface area contributed by atoms with E-state index in [1.807, 2.05) is 98.8 Å². The molecule has 0 radical (unpaired) electrons. The number of rotatable bonds is 13. The number of carbonyl (C=O) groups excluding carboxylic acids is 3. The van der Waals surface area contributed by atoms with Crippen molar-refractivity contribution in [3.05, 3.63) is 120 Å². The molecule has 0 bridgehead atoms. The number of hydrogen-bond donors (Lipinski definition) is 1. The van der Waals surface area contributed by atoms with Crippen LogP contribution in [0.15, 0.2) is 97.6 Å². The molecule has 0 saturated carbocycles.